The van der Waals surface area contributed by atoms with Gasteiger partial charge in [0, 0.05) is 6.54 Å². The number of hydrogen-bond acceptors (Lipinski definition) is 2. The molecule has 72 valence electrons. The highest BCUT2D eigenvalue weighted by molar-refractivity contribution is 4.73. The minimum atomic E-state index is 0.0167. The van der Waals surface area contributed by atoms with Crippen LogP contribution >= 0.6 is 0 Å². The Labute approximate surface area is 75.9 Å². The second kappa shape index (κ2) is 3.75. The number of ether oxygens (including phenoxy) is 1. The van der Waals surface area contributed by atoms with Gasteiger partial charge in [-0.3, -0.25) is 0 Å². The van der Waals surface area contributed by atoms with Crippen LogP contribution in [0.2, 0.25) is 0 Å². The van der Waals surface area contributed by atoms with Gasteiger partial charge in [0.15, 0.2) is 0 Å². The maximum Gasteiger partial charge on any atom is 0.0709 e. The molecule has 1 heterocycles. The van der Waals surface area contributed by atoms with E-state index in [4.69, 9.17) is 4.74 Å². The third-order valence-electron chi connectivity index (χ3n) is 2.10. The van der Waals surface area contributed by atoms with Crippen LogP contribution in [-0.2, 0) is 4.74 Å². The number of nitrogens with zero attached hydrogens (tertiary/aromatic N) is 1. The summed E-state index contributed by atoms with van der Waals surface area (Å²) < 4.78 is 5.91. The van der Waals surface area contributed by atoms with E-state index in [1.807, 2.05) is 0 Å². The van der Waals surface area contributed by atoms with E-state index in [1.54, 1.807) is 0 Å². The zero-order valence-electron chi connectivity index (χ0n) is 8.76. The predicted molar refractivity (Wildman–Crippen MR) is 51.4 cm³/mol. The molecule has 0 aliphatic carbocycles. The zero-order valence-corrected chi connectivity index (χ0v) is 8.76. The SMILES string of the molecule is CN1CCC[C@H](OC(C)(C)C)C1. The Morgan fingerprint density at radius 3 is 2.50 bits per heavy atom. The highest BCUT2D eigenvalue weighted by Crippen LogP contribution is 2.18. The van der Waals surface area contributed by atoms with E-state index in [-0.39, 0.29) is 5.60 Å². The van der Waals surface area contributed by atoms with E-state index in [1.165, 1.54) is 19.4 Å². The van der Waals surface area contributed by atoms with E-state index in [0.29, 0.717) is 6.10 Å². The van der Waals surface area contributed by atoms with Crippen molar-refractivity contribution in [1.29, 1.82) is 0 Å². The maximum atomic E-state index is 5.91. The molecule has 2 nitrogen and oxygen atoms in total. The lowest BCUT2D eigenvalue weighted by Gasteiger charge is -2.34. The fourth-order valence-electron chi connectivity index (χ4n) is 1.72. The standard InChI is InChI=1S/C10H21NO/c1-10(2,3)12-9-6-5-7-11(4)8-9/h9H,5-8H2,1-4H3/t9-/m0/s1. The first-order valence-corrected chi connectivity index (χ1v) is 4.84. The second-order valence-electron chi connectivity index (χ2n) is 4.76. The summed E-state index contributed by atoms with van der Waals surface area (Å²) in [5, 5.41) is 0. The molecule has 0 N–H and O–H groups in total. The third kappa shape index (κ3) is 3.55. The largest absolute Gasteiger partial charge is 0.371 e. The molecule has 1 aliphatic rings. The number of rotatable bonds is 1. The molecule has 0 aromatic heterocycles. The van der Waals surface area contributed by atoms with Crippen molar-refractivity contribution in [2.75, 3.05) is 20.1 Å². The summed E-state index contributed by atoms with van der Waals surface area (Å²) in [5.74, 6) is 0. The van der Waals surface area contributed by atoms with Crippen LogP contribution in [-0.4, -0.2) is 36.7 Å². The molecule has 1 fully saturated rings. The van der Waals surface area contributed by atoms with E-state index in [0.717, 1.165) is 6.54 Å². The smallest absolute Gasteiger partial charge is 0.0709 e. The van der Waals surface area contributed by atoms with Crippen LogP contribution in [0.25, 0.3) is 0 Å². The predicted octanol–water partition coefficient (Wildman–Crippen LogP) is 1.90. The summed E-state index contributed by atoms with van der Waals surface area (Å²) in [7, 11) is 2.16. The minimum Gasteiger partial charge on any atom is -0.371 e. The summed E-state index contributed by atoms with van der Waals surface area (Å²) in [6, 6.07) is 0. The lowest BCUT2D eigenvalue weighted by molar-refractivity contribution is -0.0830. The molecule has 0 unspecified atom stereocenters. The van der Waals surface area contributed by atoms with Crippen LogP contribution in [0.3, 0.4) is 0 Å². The fraction of sp³-hybridized carbons (Fsp3) is 1.00. The number of likely N-dealkylation sites (N-methyl/N-ethyl adjacent to an activating group) is 1. The molecule has 12 heavy (non-hydrogen) atoms. The maximum absolute atomic E-state index is 5.91. The first-order valence-electron chi connectivity index (χ1n) is 4.84. The van der Waals surface area contributed by atoms with Crippen molar-refractivity contribution in [2.24, 2.45) is 0 Å². The fourth-order valence-corrected chi connectivity index (χ4v) is 1.72. The molecule has 1 aliphatic heterocycles. The highest BCUT2D eigenvalue weighted by atomic mass is 16.5. The van der Waals surface area contributed by atoms with Crippen molar-refractivity contribution in [3.8, 4) is 0 Å². The van der Waals surface area contributed by atoms with E-state index >= 15 is 0 Å². The van der Waals surface area contributed by atoms with Gasteiger partial charge in [-0.2, -0.15) is 0 Å². The van der Waals surface area contributed by atoms with Crippen LogP contribution in [0.1, 0.15) is 33.6 Å². The summed E-state index contributed by atoms with van der Waals surface area (Å²) in [4.78, 5) is 2.35. The van der Waals surface area contributed by atoms with Crippen LogP contribution < -0.4 is 0 Å². The van der Waals surface area contributed by atoms with Crippen molar-refractivity contribution in [3.05, 3.63) is 0 Å². The average molecular weight is 171 g/mol. The number of piperidine rings is 1. The lowest BCUT2D eigenvalue weighted by atomic mass is 10.1. The topological polar surface area (TPSA) is 12.5 Å². The first-order chi connectivity index (χ1) is 5.47. The Kier molecular flexibility index (Phi) is 3.13. The molecule has 0 aromatic carbocycles. The summed E-state index contributed by atoms with van der Waals surface area (Å²) >= 11 is 0. The Morgan fingerprint density at radius 2 is 2.00 bits per heavy atom. The molecule has 0 spiro atoms. The van der Waals surface area contributed by atoms with Crippen LogP contribution in [0.4, 0.5) is 0 Å². The quantitative estimate of drug-likeness (QED) is 0.597. The number of hydrogen-bond donors (Lipinski definition) is 0. The normalized spacial score (nSPS) is 27.5. The minimum absolute atomic E-state index is 0.0167. The zero-order chi connectivity index (χ0) is 9.19. The molecule has 0 radical (unpaired) electrons. The van der Waals surface area contributed by atoms with Crippen molar-refractivity contribution < 1.29 is 4.74 Å². The van der Waals surface area contributed by atoms with Gasteiger partial charge in [-0.15, -0.1) is 0 Å². The van der Waals surface area contributed by atoms with E-state index < -0.39 is 0 Å². The summed E-state index contributed by atoms with van der Waals surface area (Å²) in [5.41, 5.74) is 0.0167. The Bertz CT molecular complexity index is 139. The van der Waals surface area contributed by atoms with Crippen molar-refractivity contribution >= 4 is 0 Å². The van der Waals surface area contributed by atoms with Crippen LogP contribution in [0, 0.1) is 0 Å². The van der Waals surface area contributed by atoms with Gasteiger partial charge in [0.1, 0.15) is 0 Å². The van der Waals surface area contributed by atoms with Gasteiger partial charge in [0.25, 0.3) is 0 Å². The molecule has 1 saturated heterocycles. The highest BCUT2D eigenvalue weighted by Gasteiger charge is 2.22. The van der Waals surface area contributed by atoms with Gasteiger partial charge in [0.05, 0.1) is 11.7 Å². The third-order valence-corrected chi connectivity index (χ3v) is 2.10. The van der Waals surface area contributed by atoms with Gasteiger partial charge in [-0.1, -0.05) is 0 Å². The molecule has 2 heteroatoms. The average Bonchev–Trinajstić information content (AvgIpc) is 1.82. The summed E-state index contributed by atoms with van der Waals surface area (Å²) in [6.07, 6.45) is 2.95. The Balaban J connectivity index is 2.32. The van der Waals surface area contributed by atoms with E-state index in [2.05, 4.69) is 32.7 Å². The molecule has 1 rings (SSSR count). The van der Waals surface area contributed by atoms with Gasteiger partial charge in [-0.25, -0.2) is 0 Å². The lowest BCUT2D eigenvalue weighted by Crippen LogP contribution is -2.40. The monoisotopic (exact) mass is 171 g/mol. The van der Waals surface area contributed by atoms with Crippen molar-refractivity contribution in [1.82, 2.24) is 4.90 Å². The molecule has 0 saturated carbocycles. The second-order valence-corrected chi connectivity index (χ2v) is 4.76. The molecular formula is C10H21NO. The molecule has 0 aromatic rings. The van der Waals surface area contributed by atoms with Gasteiger partial charge in [-0.05, 0) is 47.2 Å². The molecular weight excluding hydrogens is 150 g/mol. The first kappa shape index (κ1) is 10.0. The number of likely N-dealkylation sites (tertiary alicyclic amines) is 1. The van der Waals surface area contributed by atoms with Crippen molar-refractivity contribution in [3.63, 3.8) is 0 Å². The van der Waals surface area contributed by atoms with Crippen LogP contribution in [0.15, 0.2) is 0 Å². The Hall–Kier alpha value is -0.0800. The molecule has 0 amide bonds. The van der Waals surface area contributed by atoms with Crippen molar-refractivity contribution in [2.45, 2.75) is 45.3 Å². The van der Waals surface area contributed by atoms with Gasteiger partial charge in [0.2, 0.25) is 0 Å². The Morgan fingerprint density at radius 1 is 1.33 bits per heavy atom. The molecule has 1 atom stereocenters. The molecule has 0 bridgehead atoms. The van der Waals surface area contributed by atoms with E-state index in [9.17, 15) is 0 Å². The summed E-state index contributed by atoms with van der Waals surface area (Å²) in [6.45, 7) is 8.70. The van der Waals surface area contributed by atoms with Crippen LogP contribution in [0.5, 0.6) is 0 Å². The van der Waals surface area contributed by atoms with Gasteiger partial charge < -0.3 is 9.64 Å². The van der Waals surface area contributed by atoms with Gasteiger partial charge >= 0.3 is 0 Å².